The van der Waals surface area contributed by atoms with Gasteiger partial charge in [-0.15, -0.1) is 0 Å². The number of rotatable bonds is 5. The number of nitrogens with two attached hydrogens (primary N) is 1. The second kappa shape index (κ2) is 7.28. The molecule has 19 heavy (non-hydrogen) atoms. The van der Waals surface area contributed by atoms with Crippen LogP contribution in [0.3, 0.4) is 0 Å². The van der Waals surface area contributed by atoms with Gasteiger partial charge in [-0.3, -0.25) is 0 Å². The fraction of sp³-hybridized carbons (Fsp3) is 0.625. The van der Waals surface area contributed by atoms with E-state index in [1.165, 1.54) is 37.9 Å². The fourth-order valence-electron chi connectivity index (χ4n) is 3.09. The van der Waals surface area contributed by atoms with Gasteiger partial charge in [-0.05, 0) is 61.9 Å². The molecule has 1 aromatic carbocycles. The maximum atomic E-state index is 6.07. The van der Waals surface area contributed by atoms with Gasteiger partial charge in [-0.25, -0.2) is 0 Å². The molecule has 1 aromatic rings. The fourth-order valence-corrected chi connectivity index (χ4v) is 3.29. The minimum absolute atomic E-state index is 0.537. The average Bonchev–Trinajstić information content (AvgIpc) is 2.39. The Morgan fingerprint density at radius 2 is 2.32 bits per heavy atom. The normalized spacial score (nSPS) is 22.4. The third-order valence-electron chi connectivity index (χ3n) is 4.13. The molecule has 1 aliphatic heterocycles. The third-order valence-corrected chi connectivity index (χ3v) is 4.36. The summed E-state index contributed by atoms with van der Waals surface area (Å²) < 4.78 is 0. The van der Waals surface area contributed by atoms with Crippen LogP contribution >= 0.6 is 11.6 Å². The van der Waals surface area contributed by atoms with Crippen LogP contribution in [0.4, 0.5) is 0 Å². The zero-order chi connectivity index (χ0) is 13.7. The Hall–Kier alpha value is -0.570. The maximum absolute atomic E-state index is 6.07. The van der Waals surface area contributed by atoms with E-state index in [-0.39, 0.29) is 0 Å². The van der Waals surface area contributed by atoms with Gasteiger partial charge in [-0.2, -0.15) is 0 Å². The second-order valence-electron chi connectivity index (χ2n) is 5.80. The van der Waals surface area contributed by atoms with Gasteiger partial charge < -0.3 is 10.6 Å². The van der Waals surface area contributed by atoms with E-state index in [0.717, 1.165) is 24.0 Å². The molecular weight excluding hydrogens is 256 g/mol. The van der Waals surface area contributed by atoms with Gasteiger partial charge in [0.15, 0.2) is 0 Å². The van der Waals surface area contributed by atoms with E-state index < -0.39 is 0 Å². The molecule has 0 saturated carbocycles. The molecule has 2 rings (SSSR count). The van der Waals surface area contributed by atoms with Crippen molar-refractivity contribution in [2.75, 3.05) is 26.2 Å². The lowest BCUT2D eigenvalue weighted by molar-refractivity contribution is 0.163. The summed E-state index contributed by atoms with van der Waals surface area (Å²) in [5.74, 6) is 1.33. The highest BCUT2D eigenvalue weighted by Crippen LogP contribution is 2.24. The zero-order valence-corrected chi connectivity index (χ0v) is 12.6. The van der Waals surface area contributed by atoms with Gasteiger partial charge in [0.05, 0.1) is 0 Å². The minimum atomic E-state index is 0.537. The molecule has 2 N–H and O–H groups in total. The molecule has 1 heterocycles. The predicted octanol–water partition coefficient (Wildman–Crippen LogP) is 3.50. The van der Waals surface area contributed by atoms with Crippen LogP contribution in [0.2, 0.25) is 5.02 Å². The van der Waals surface area contributed by atoms with Crippen molar-refractivity contribution in [3.05, 3.63) is 34.9 Å². The summed E-state index contributed by atoms with van der Waals surface area (Å²) in [6, 6.07) is 8.25. The maximum Gasteiger partial charge on any atom is 0.0408 e. The zero-order valence-electron chi connectivity index (χ0n) is 11.8. The van der Waals surface area contributed by atoms with Crippen molar-refractivity contribution in [3.63, 3.8) is 0 Å². The molecule has 0 bridgehead atoms. The monoisotopic (exact) mass is 280 g/mol. The predicted molar refractivity (Wildman–Crippen MR) is 82.7 cm³/mol. The van der Waals surface area contributed by atoms with E-state index in [2.05, 4.69) is 24.0 Å². The van der Waals surface area contributed by atoms with Crippen LogP contribution in [0.5, 0.6) is 0 Å². The van der Waals surface area contributed by atoms with E-state index in [4.69, 9.17) is 17.3 Å². The van der Waals surface area contributed by atoms with Gasteiger partial charge in [0, 0.05) is 18.1 Å². The van der Waals surface area contributed by atoms with E-state index >= 15 is 0 Å². The van der Waals surface area contributed by atoms with Crippen LogP contribution in [0, 0.1) is 5.92 Å². The van der Waals surface area contributed by atoms with Crippen molar-refractivity contribution < 1.29 is 0 Å². The van der Waals surface area contributed by atoms with Crippen molar-refractivity contribution in [2.24, 2.45) is 11.7 Å². The number of hydrogen-bond acceptors (Lipinski definition) is 2. The van der Waals surface area contributed by atoms with Gasteiger partial charge in [0.2, 0.25) is 0 Å². The van der Waals surface area contributed by atoms with E-state index in [9.17, 15) is 0 Å². The lowest BCUT2D eigenvalue weighted by Gasteiger charge is -2.34. The first-order valence-electron chi connectivity index (χ1n) is 7.37. The lowest BCUT2D eigenvalue weighted by Crippen LogP contribution is -2.38. The van der Waals surface area contributed by atoms with E-state index in [1.807, 2.05) is 12.1 Å². The first-order chi connectivity index (χ1) is 9.19. The molecule has 0 amide bonds. The standard InChI is InChI=1S/C16H25ClN2/c1-13(15-5-2-6-16(17)10-15)11-19-9-3-4-14(12-19)7-8-18/h2,5-6,10,13-14H,3-4,7-9,11-12,18H2,1H3. The molecule has 0 aliphatic carbocycles. The van der Waals surface area contributed by atoms with E-state index in [0.29, 0.717) is 5.92 Å². The summed E-state index contributed by atoms with van der Waals surface area (Å²) in [7, 11) is 0. The van der Waals surface area contributed by atoms with Crippen molar-refractivity contribution in [3.8, 4) is 0 Å². The highest BCUT2D eigenvalue weighted by molar-refractivity contribution is 6.30. The summed E-state index contributed by atoms with van der Waals surface area (Å²) >= 11 is 6.07. The van der Waals surface area contributed by atoms with Crippen LogP contribution in [-0.4, -0.2) is 31.1 Å². The molecule has 106 valence electrons. The molecule has 2 nitrogen and oxygen atoms in total. The van der Waals surface area contributed by atoms with E-state index in [1.54, 1.807) is 0 Å². The summed E-state index contributed by atoms with van der Waals surface area (Å²) in [5.41, 5.74) is 7.02. The Bertz CT molecular complexity index is 392. The number of nitrogens with zero attached hydrogens (tertiary/aromatic N) is 1. The summed E-state index contributed by atoms with van der Waals surface area (Å²) in [4.78, 5) is 2.59. The molecule has 1 saturated heterocycles. The van der Waals surface area contributed by atoms with Crippen molar-refractivity contribution in [2.45, 2.75) is 32.1 Å². The first-order valence-corrected chi connectivity index (χ1v) is 7.74. The SMILES string of the molecule is CC(CN1CCCC(CCN)C1)c1cccc(Cl)c1. The van der Waals surface area contributed by atoms with Gasteiger partial charge in [0.1, 0.15) is 0 Å². The van der Waals surface area contributed by atoms with Crippen LogP contribution in [0.1, 0.15) is 37.7 Å². The number of halogens is 1. The Morgan fingerprint density at radius 1 is 1.47 bits per heavy atom. The van der Waals surface area contributed by atoms with Gasteiger partial charge in [-0.1, -0.05) is 30.7 Å². The molecule has 2 unspecified atom stereocenters. The first kappa shape index (κ1) is 14.8. The van der Waals surface area contributed by atoms with Crippen LogP contribution in [-0.2, 0) is 0 Å². The molecule has 0 radical (unpaired) electrons. The van der Waals surface area contributed by atoms with Crippen LogP contribution in [0.25, 0.3) is 0 Å². The Labute approximate surface area is 121 Å². The topological polar surface area (TPSA) is 29.3 Å². The summed E-state index contributed by atoms with van der Waals surface area (Å²) in [6.45, 7) is 6.68. The Morgan fingerprint density at radius 3 is 3.05 bits per heavy atom. The summed E-state index contributed by atoms with van der Waals surface area (Å²) in [6.07, 6.45) is 3.83. The third kappa shape index (κ3) is 4.48. The number of benzene rings is 1. The van der Waals surface area contributed by atoms with Gasteiger partial charge >= 0.3 is 0 Å². The van der Waals surface area contributed by atoms with Crippen LogP contribution in [0.15, 0.2) is 24.3 Å². The Kier molecular flexibility index (Phi) is 5.68. The summed E-state index contributed by atoms with van der Waals surface area (Å²) in [5, 5.41) is 0.837. The molecule has 0 spiro atoms. The number of hydrogen-bond donors (Lipinski definition) is 1. The van der Waals surface area contributed by atoms with Gasteiger partial charge in [0.25, 0.3) is 0 Å². The smallest absolute Gasteiger partial charge is 0.0408 e. The average molecular weight is 281 g/mol. The lowest BCUT2D eigenvalue weighted by atomic mass is 9.93. The van der Waals surface area contributed by atoms with Crippen molar-refractivity contribution in [1.29, 1.82) is 0 Å². The number of likely N-dealkylation sites (tertiary alicyclic amines) is 1. The second-order valence-corrected chi connectivity index (χ2v) is 6.24. The minimum Gasteiger partial charge on any atom is -0.330 e. The molecule has 0 aromatic heterocycles. The van der Waals surface area contributed by atoms with Crippen molar-refractivity contribution >= 4 is 11.6 Å². The quantitative estimate of drug-likeness (QED) is 0.894. The molecule has 3 heteroatoms. The largest absolute Gasteiger partial charge is 0.330 e. The van der Waals surface area contributed by atoms with Crippen molar-refractivity contribution in [1.82, 2.24) is 4.90 Å². The number of piperidine rings is 1. The Balaban J connectivity index is 1.89. The molecule has 1 aliphatic rings. The highest BCUT2D eigenvalue weighted by atomic mass is 35.5. The highest BCUT2D eigenvalue weighted by Gasteiger charge is 2.21. The molecule has 1 fully saturated rings. The molecule has 2 atom stereocenters. The van der Waals surface area contributed by atoms with Crippen LogP contribution < -0.4 is 5.73 Å². The molecular formula is C16H25ClN2.